The number of hydrogen-bond acceptors (Lipinski definition) is 2. The fourth-order valence-electron chi connectivity index (χ4n) is 2.12. The Kier molecular flexibility index (Phi) is 4.74. The van der Waals surface area contributed by atoms with Crippen molar-refractivity contribution >= 4 is 0 Å². The summed E-state index contributed by atoms with van der Waals surface area (Å²) in [7, 11) is 0. The third kappa shape index (κ3) is 3.36. The third-order valence-electron chi connectivity index (χ3n) is 3.21. The minimum Gasteiger partial charge on any atom is -0.456 e. The highest BCUT2D eigenvalue weighted by atomic mass is 19.1. The maximum Gasteiger partial charge on any atom is 0.133 e. The smallest absolute Gasteiger partial charge is 0.133 e. The van der Waals surface area contributed by atoms with E-state index in [9.17, 15) is 4.39 Å². The second-order valence-corrected chi connectivity index (χ2v) is 4.86. The van der Waals surface area contributed by atoms with Crippen LogP contribution in [0.4, 0.5) is 4.39 Å². The Hall–Kier alpha value is -1.87. The predicted molar refractivity (Wildman–Crippen MR) is 79.8 cm³/mol. The van der Waals surface area contributed by atoms with E-state index in [-0.39, 0.29) is 5.82 Å². The van der Waals surface area contributed by atoms with E-state index < -0.39 is 0 Å². The van der Waals surface area contributed by atoms with Gasteiger partial charge in [0.15, 0.2) is 0 Å². The quantitative estimate of drug-likeness (QED) is 0.874. The first kappa shape index (κ1) is 14.5. The van der Waals surface area contributed by atoms with Crippen molar-refractivity contribution in [3.8, 4) is 11.5 Å². The molecule has 0 bridgehead atoms. The van der Waals surface area contributed by atoms with Crippen LogP contribution in [0.3, 0.4) is 0 Å². The third-order valence-corrected chi connectivity index (χ3v) is 3.21. The van der Waals surface area contributed by atoms with Gasteiger partial charge in [-0.25, -0.2) is 4.39 Å². The number of nitrogens with one attached hydrogen (secondary N) is 1. The first-order valence-corrected chi connectivity index (χ1v) is 6.85. The van der Waals surface area contributed by atoms with E-state index in [1.807, 2.05) is 39.0 Å². The van der Waals surface area contributed by atoms with Gasteiger partial charge >= 0.3 is 0 Å². The van der Waals surface area contributed by atoms with Crippen LogP contribution < -0.4 is 10.1 Å². The van der Waals surface area contributed by atoms with Gasteiger partial charge in [0.1, 0.15) is 17.3 Å². The van der Waals surface area contributed by atoms with E-state index in [0.29, 0.717) is 12.3 Å². The predicted octanol–water partition coefficient (Wildman–Crippen LogP) is 4.34. The molecule has 0 amide bonds. The number of halogens is 1. The molecular formula is C17H20FNO. The van der Waals surface area contributed by atoms with Crippen LogP contribution in [0.25, 0.3) is 0 Å². The number of hydrogen-bond donors (Lipinski definition) is 1. The molecule has 106 valence electrons. The summed E-state index contributed by atoms with van der Waals surface area (Å²) in [6, 6.07) is 10.7. The van der Waals surface area contributed by atoms with E-state index in [0.717, 1.165) is 29.0 Å². The summed E-state index contributed by atoms with van der Waals surface area (Å²) in [6.45, 7) is 7.46. The Morgan fingerprint density at radius 3 is 2.45 bits per heavy atom. The van der Waals surface area contributed by atoms with Crippen molar-refractivity contribution in [2.45, 2.75) is 27.3 Å². The van der Waals surface area contributed by atoms with Gasteiger partial charge in [-0.15, -0.1) is 0 Å². The molecule has 0 saturated carbocycles. The highest BCUT2D eigenvalue weighted by Gasteiger charge is 2.09. The minimum atomic E-state index is -0.244. The number of aryl methyl sites for hydroxylation is 2. The van der Waals surface area contributed by atoms with Gasteiger partial charge in [-0.3, -0.25) is 0 Å². The Balaban J connectivity index is 2.33. The zero-order valence-corrected chi connectivity index (χ0v) is 12.2. The molecule has 0 aliphatic carbocycles. The maximum absolute atomic E-state index is 13.4. The summed E-state index contributed by atoms with van der Waals surface area (Å²) in [5.41, 5.74) is 2.97. The summed E-state index contributed by atoms with van der Waals surface area (Å²) < 4.78 is 19.4. The van der Waals surface area contributed by atoms with E-state index in [2.05, 4.69) is 5.32 Å². The lowest BCUT2D eigenvalue weighted by atomic mass is 10.1. The van der Waals surface area contributed by atoms with Gasteiger partial charge in [0.2, 0.25) is 0 Å². The second-order valence-electron chi connectivity index (χ2n) is 4.86. The first-order valence-electron chi connectivity index (χ1n) is 6.85. The maximum atomic E-state index is 13.4. The molecule has 1 N–H and O–H groups in total. The first-order chi connectivity index (χ1) is 9.61. The monoisotopic (exact) mass is 273 g/mol. The van der Waals surface area contributed by atoms with Crippen molar-refractivity contribution in [1.29, 1.82) is 0 Å². The van der Waals surface area contributed by atoms with E-state index >= 15 is 0 Å². The number of para-hydroxylation sites is 1. The average molecular weight is 273 g/mol. The van der Waals surface area contributed by atoms with Crippen LogP contribution in [0.1, 0.15) is 23.6 Å². The second kappa shape index (κ2) is 6.53. The van der Waals surface area contributed by atoms with Gasteiger partial charge < -0.3 is 10.1 Å². The van der Waals surface area contributed by atoms with Crippen molar-refractivity contribution in [1.82, 2.24) is 5.32 Å². The molecule has 0 aliphatic rings. The fourth-order valence-corrected chi connectivity index (χ4v) is 2.12. The molecule has 2 aromatic rings. The lowest BCUT2D eigenvalue weighted by molar-refractivity contribution is 0.463. The van der Waals surface area contributed by atoms with Gasteiger partial charge in [0.05, 0.1) is 0 Å². The molecule has 2 aromatic carbocycles. The molecule has 0 aromatic heterocycles. The van der Waals surface area contributed by atoms with E-state index in [1.165, 1.54) is 12.1 Å². The van der Waals surface area contributed by atoms with Crippen LogP contribution >= 0.6 is 0 Å². The van der Waals surface area contributed by atoms with Crippen molar-refractivity contribution in [2.24, 2.45) is 0 Å². The minimum absolute atomic E-state index is 0.244. The molecule has 0 radical (unpaired) electrons. The van der Waals surface area contributed by atoms with Crippen molar-refractivity contribution in [3.05, 3.63) is 58.9 Å². The summed E-state index contributed by atoms with van der Waals surface area (Å²) in [5, 5.41) is 3.20. The highest BCUT2D eigenvalue weighted by molar-refractivity contribution is 5.45. The molecule has 0 spiro atoms. The summed E-state index contributed by atoms with van der Waals surface area (Å²) in [6.07, 6.45) is 0. The van der Waals surface area contributed by atoms with Gasteiger partial charge in [0.25, 0.3) is 0 Å². The zero-order chi connectivity index (χ0) is 14.5. The van der Waals surface area contributed by atoms with Gasteiger partial charge in [-0.05, 0) is 49.7 Å². The van der Waals surface area contributed by atoms with Crippen LogP contribution in [0, 0.1) is 19.7 Å². The topological polar surface area (TPSA) is 21.3 Å². The molecule has 0 heterocycles. The molecule has 0 unspecified atom stereocenters. The Morgan fingerprint density at radius 1 is 1.10 bits per heavy atom. The zero-order valence-electron chi connectivity index (χ0n) is 12.2. The Bertz CT molecular complexity index is 575. The molecule has 0 atom stereocenters. The van der Waals surface area contributed by atoms with E-state index in [4.69, 9.17) is 4.74 Å². The molecule has 3 heteroatoms. The van der Waals surface area contributed by atoms with Crippen LogP contribution in [0.2, 0.25) is 0 Å². The number of benzene rings is 2. The molecule has 2 nitrogen and oxygen atoms in total. The van der Waals surface area contributed by atoms with Crippen molar-refractivity contribution in [3.63, 3.8) is 0 Å². The standard InChI is InChI=1S/C17H20FNO/c1-4-19-11-14-10-15(18)8-9-16(14)20-17-12(2)6-5-7-13(17)3/h5-10,19H,4,11H2,1-3H3. The molecule has 0 fully saturated rings. The van der Waals surface area contributed by atoms with Crippen LogP contribution in [-0.2, 0) is 6.54 Å². The lowest BCUT2D eigenvalue weighted by Crippen LogP contribution is -2.12. The summed E-state index contributed by atoms with van der Waals surface area (Å²) in [5.74, 6) is 1.30. The SMILES string of the molecule is CCNCc1cc(F)ccc1Oc1c(C)cccc1C. The summed E-state index contributed by atoms with van der Waals surface area (Å²) >= 11 is 0. The van der Waals surface area contributed by atoms with Crippen molar-refractivity contribution in [2.75, 3.05) is 6.54 Å². The van der Waals surface area contributed by atoms with Crippen LogP contribution in [0.15, 0.2) is 36.4 Å². The molecule has 0 saturated heterocycles. The average Bonchev–Trinajstić information content (AvgIpc) is 2.42. The fraction of sp³-hybridized carbons (Fsp3) is 0.294. The largest absolute Gasteiger partial charge is 0.456 e. The van der Waals surface area contributed by atoms with Crippen LogP contribution in [-0.4, -0.2) is 6.54 Å². The normalized spacial score (nSPS) is 10.6. The summed E-state index contributed by atoms with van der Waals surface area (Å²) in [4.78, 5) is 0. The molecular weight excluding hydrogens is 253 g/mol. The van der Waals surface area contributed by atoms with Gasteiger partial charge in [0, 0.05) is 12.1 Å². The highest BCUT2D eigenvalue weighted by Crippen LogP contribution is 2.31. The van der Waals surface area contributed by atoms with Gasteiger partial charge in [-0.2, -0.15) is 0 Å². The Labute approximate surface area is 119 Å². The number of ether oxygens (including phenoxy) is 1. The van der Waals surface area contributed by atoms with E-state index in [1.54, 1.807) is 6.07 Å². The van der Waals surface area contributed by atoms with Gasteiger partial charge in [-0.1, -0.05) is 25.1 Å². The van der Waals surface area contributed by atoms with Crippen molar-refractivity contribution < 1.29 is 9.13 Å². The Morgan fingerprint density at radius 2 is 1.80 bits per heavy atom. The molecule has 2 rings (SSSR count). The molecule has 0 aliphatic heterocycles. The lowest BCUT2D eigenvalue weighted by Gasteiger charge is -2.15. The molecule has 20 heavy (non-hydrogen) atoms. The van der Waals surface area contributed by atoms with Crippen LogP contribution in [0.5, 0.6) is 11.5 Å². The number of rotatable bonds is 5.